The smallest absolute Gasteiger partial charge is 0.328 e. The fourth-order valence-corrected chi connectivity index (χ4v) is 2.29. The van der Waals surface area contributed by atoms with Crippen molar-refractivity contribution in [3.63, 3.8) is 0 Å². The molecule has 6 heteroatoms. The van der Waals surface area contributed by atoms with Crippen molar-refractivity contribution in [2.45, 2.75) is 12.5 Å². The topological polar surface area (TPSA) is 68.3 Å². The number of amides is 1. The molecule has 0 aliphatic heterocycles. The van der Waals surface area contributed by atoms with Crippen LogP contribution in [0.15, 0.2) is 48.8 Å². The molecule has 0 aliphatic rings. The molecular weight excluding hydrogens is 395 g/mol. The number of ether oxygens (including phenoxy) is 1. The SMILES string of the molecule is COC(=O)[C@H](Cc1ccc(I)cc1)NC(=O)c1cccnc1. The Balaban J connectivity index is 2.11. The molecule has 1 heterocycles. The third kappa shape index (κ3) is 4.52. The van der Waals surface area contributed by atoms with Crippen molar-refractivity contribution in [3.05, 3.63) is 63.5 Å². The maximum absolute atomic E-state index is 12.2. The van der Waals surface area contributed by atoms with E-state index in [0.717, 1.165) is 9.13 Å². The average Bonchev–Trinajstić information content (AvgIpc) is 2.56. The molecule has 5 nitrogen and oxygen atoms in total. The number of rotatable bonds is 5. The van der Waals surface area contributed by atoms with Crippen molar-refractivity contribution >= 4 is 34.5 Å². The van der Waals surface area contributed by atoms with E-state index in [-0.39, 0.29) is 5.91 Å². The van der Waals surface area contributed by atoms with Crippen LogP contribution in [0.1, 0.15) is 15.9 Å². The molecule has 1 aromatic heterocycles. The number of hydrogen-bond donors (Lipinski definition) is 1. The number of halogens is 1. The van der Waals surface area contributed by atoms with E-state index in [1.54, 1.807) is 18.3 Å². The normalized spacial score (nSPS) is 11.5. The molecule has 0 unspecified atom stereocenters. The largest absolute Gasteiger partial charge is 0.467 e. The first-order valence-electron chi connectivity index (χ1n) is 6.63. The number of carbonyl (C=O) groups is 2. The van der Waals surface area contributed by atoms with Crippen LogP contribution in [0.3, 0.4) is 0 Å². The monoisotopic (exact) mass is 410 g/mol. The molecule has 2 rings (SSSR count). The Hall–Kier alpha value is -1.96. The second kappa shape index (κ2) is 7.88. The molecule has 0 bridgehead atoms. The highest BCUT2D eigenvalue weighted by Crippen LogP contribution is 2.10. The van der Waals surface area contributed by atoms with E-state index in [2.05, 4.69) is 32.9 Å². The van der Waals surface area contributed by atoms with Crippen LogP contribution in [0.25, 0.3) is 0 Å². The molecule has 22 heavy (non-hydrogen) atoms. The van der Waals surface area contributed by atoms with Gasteiger partial charge in [-0.15, -0.1) is 0 Å². The molecule has 0 aliphatic carbocycles. The molecule has 1 N–H and O–H groups in total. The van der Waals surface area contributed by atoms with Crippen LogP contribution in [0, 0.1) is 3.57 Å². The van der Waals surface area contributed by atoms with Crippen molar-refractivity contribution in [1.82, 2.24) is 10.3 Å². The van der Waals surface area contributed by atoms with Gasteiger partial charge in [0.05, 0.1) is 12.7 Å². The number of benzene rings is 1. The van der Waals surface area contributed by atoms with Gasteiger partial charge in [-0.2, -0.15) is 0 Å². The number of esters is 1. The molecule has 1 amide bonds. The highest BCUT2D eigenvalue weighted by molar-refractivity contribution is 14.1. The van der Waals surface area contributed by atoms with Crippen molar-refractivity contribution in [1.29, 1.82) is 0 Å². The molecule has 2 aromatic rings. The van der Waals surface area contributed by atoms with Gasteiger partial charge in [-0.1, -0.05) is 12.1 Å². The van der Waals surface area contributed by atoms with Crippen molar-refractivity contribution < 1.29 is 14.3 Å². The lowest BCUT2D eigenvalue weighted by Gasteiger charge is -2.16. The first-order valence-corrected chi connectivity index (χ1v) is 7.71. The summed E-state index contributed by atoms with van der Waals surface area (Å²) in [5.74, 6) is -0.829. The molecule has 1 atom stereocenters. The number of nitrogens with zero attached hydrogens (tertiary/aromatic N) is 1. The maximum atomic E-state index is 12.2. The van der Waals surface area contributed by atoms with Gasteiger partial charge in [0.15, 0.2) is 0 Å². The summed E-state index contributed by atoms with van der Waals surface area (Å²) in [5.41, 5.74) is 1.35. The summed E-state index contributed by atoms with van der Waals surface area (Å²) in [7, 11) is 1.31. The number of hydrogen-bond acceptors (Lipinski definition) is 4. The van der Waals surface area contributed by atoms with Crippen molar-refractivity contribution in [2.24, 2.45) is 0 Å². The summed E-state index contributed by atoms with van der Waals surface area (Å²) < 4.78 is 5.88. The summed E-state index contributed by atoms with van der Waals surface area (Å²) in [6, 6.07) is 10.3. The summed E-state index contributed by atoms with van der Waals surface area (Å²) in [6.45, 7) is 0. The molecule has 0 spiro atoms. The van der Waals surface area contributed by atoms with Gasteiger partial charge in [0, 0.05) is 22.4 Å². The van der Waals surface area contributed by atoms with Crippen LogP contribution in [-0.4, -0.2) is 30.0 Å². The van der Waals surface area contributed by atoms with Crippen LogP contribution in [0.5, 0.6) is 0 Å². The van der Waals surface area contributed by atoms with Crippen LogP contribution in [-0.2, 0) is 16.0 Å². The molecule has 0 saturated heterocycles. The van der Waals surface area contributed by atoms with Gasteiger partial charge >= 0.3 is 5.97 Å². The van der Waals surface area contributed by atoms with E-state index in [9.17, 15) is 9.59 Å². The molecule has 0 saturated carbocycles. The highest BCUT2D eigenvalue weighted by Gasteiger charge is 2.22. The number of aromatic nitrogens is 1. The highest BCUT2D eigenvalue weighted by atomic mass is 127. The lowest BCUT2D eigenvalue weighted by Crippen LogP contribution is -2.43. The Morgan fingerprint density at radius 2 is 2.00 bits per heavy atom. The first-order chi connectivity index (χ1) is 10.6. The zero-order valence-electron chi connectivity index (χ0n) is 12.0. The van der Waals surface area contributed by atoms with E-state index >= 15 is 0 Å². The molecule has 0 radical (unpaired) electrons. The second-order valence-electron chi connectivity index (χ2n) is 4.62. The fourth-order valence-electron chi connectivity index (χ4n) is 1.93. The minimum atomic E-state index is -0.738. The number of carbonyl (C=O) groups excluding carboxylic acids is 2. The number of nitrogens with one attached hydrogen (secondary N) is 1. The Morgan fingerprint density at radius 3 is 2.59 bits per heavy atom. The minimum Gasteiger partial charge on any atom is -0.467 e. The molecule has 0 fully saturated rings. The average molecular weight is 410 g/mol. The van der Waals surface area contributed by atoms with Gasteiger partial charge in [0.2, 0.25) is 0 Å². The predicted molar refractivity (Wildman–Crippen MR) is 90.4 cm³/mol. The van der Waals surface area contributed by atoms with Crippen LogP contribution in [0.2, 0.25) is 0 Å². The lowest BCUT2D eigenvalue weighted by molar-refractivity contribution is -0.142. The fraction of sp³-hybridized carbons (Fsp3) is 0.188. The van der Waals surface area contributed by atoms with Gasteiger partial charge in [-0.25, -0.2) is 4.79 Å². The third-order valence-electron chi connectivity index (χ3n) is 3.07. The van der Waals surface area contributed by atoms with E-state index in [4.69, 9.17) is 4.74 Å². The zero-order valence-corrected chi connectivity index (χ0v) is 14.1. The van der Waals surface area contributed by atoms with E-state index in [1.165, 1.54) is 13.3 Å². The van der Waals surface area contributed by atoms with Gasteiger partial charge in [0.1, 0.15) is 6.04 Å². The number of methoxy groups -OCH3 is 1. The van der Waals surface area contributed by atoms with Crippen LogP contribution in [0.4, 0.5) is 0 Å². The van der Waals surface area contributed by atoms with Gasteiger partial charge in [-0.3, -0.25) is 9.78 Å². The van der Waals surface area contributed by atoms with Crippen molar-refractivity contribution in [2.75, 3.05) is 7.11 Å². The summed E-state index contributed by atoms with van der Waals surface area (Å²) in [5, 5.41) is 2.69. The van der Waals surface area contributed by atoms with Crippen LogP contribution >= 0.6 is 22.6 Å². The zero-order chi connectivity index (χ0) is 15.9. The minimum absolute atomic E-state index is 0.353. The standard InChI is InChI=1S/C16H15IN2O3/c1-22-16(21)14(9-11-4-6-13(17)7-5-11)19-15(20)12-3-2-8-18-10-12/h2-8,10,14H,9H2,1H3,(H,19,20)/t14-/m0/s1. The van der Waals surface area contributed by atoms with Gasteiger partial charge < -0.3 is 10.1 Å². The molecule has 114 valence electrons. The maximum Gasteiger partial charge on any atom is 0.328 e. The van der Waals surface area contributed by atoms with E-state index in [0.29, 0.717) is 12.0 Å². The molecule has 1 aromatic carbocycles. The molecular formula is C16H15IN2O3. The predicted octanol–water partition coefficient (Wildman–Crippen LogP) is 2.20. The first kappa shape index (κ1) is 16.4. The number of pyridine rings is 1. The van der Waals surface area contributed by atoms with Gasteiger partial charge in [0.25, 0.3) is 5.91 Å². The Bertz CT molecular complexity index is 644. The summed E-state index contributed by atoms with van der Waals surface area (Å²) in [6.07, 6.45) is 3.41. The van der Waals surface area contributed by atoms with Crippen LogP contribution < -0.4 is 5.32 Å². The quantitative estimate of drug-likeness (QED) is 0.607. The summed E-state index contributed by atoms with van der Waals surface area (Å²) in [4.78, 5) is 27.9. The second-order valence-corrected chi connectivity index (χ2v) is 5.87. The Kier molecular flexibility index (Phi) is 5.88. The Labute approximate surface area is 142 Å². The van der Waals surface area contributed by atoms with E-state index in [1.807, 2.05) is 24.3 Å². The van der Waals surface area contributed by atoms with Crippen molar-refractivity contribution in [3.8, 4) is 0 Å². The van der Waals surface area contributed by atoms with Gasteiger partial charge in [-0.05, 0) is 52.4 Å². The Morgan fingerprint density at radius 1 is 1.27 bits per heavy atom. The lowest BCUT2D eigenvalue weighted by atomic mass is 10.1. The van der Waals surface area contributed by atoms with E-state index < -0.39 is 12.0 Å². The third-order valence-corrected chi connectivity index (χ3v) is 3.79. The summed E-state index contributed by atoms with van der Waals surface area (Å²) >= 11 is 2.21.